The van der Waals surface area contributed by atoms with Gasteiger partial charge in [-0.1, -0.05) is 0 Å². The van der Waals surface area contributed by atoms with Crippen molar-refractivity contribution in [3.05, 3.63) is 24.0 Å². The lowest BCUT2D eigenvalue weighted by Gasteiger charge is -2.32. The summed E-state index contributed by atoms with van der Waals surface area (Å²) in [5.41, 5.74) is -2.38. The van der Waals surface area contributed by atoms with Crippen molar-refractivity contribution >= 4 is 10.0 Å². The Balaban J connectivity index is 2.34. The molecule has 1 aliphatic rings. The van der Waals surface area contributed by atoms with Crippen molar-refractivity contribution in [1.82, 2.24) is 9.29 Å². The van der Waals surface area contributed by atoms with E-state index in [1.807, 2.05) is 0 Å². The number of halogens is 3. The number of pyridine rings is 1. The monoisotopic (exact) mass is 338 g/mol. The summed E-state index contributed by atoms with van der Waals surface area (Å²) in [5.74, 6) is 0. The molecule has 1 fully saturated rings. The molecule has 1 unspecified atom stereocenters. The maximum Gasteiger partial charge on any atom is 0.433 e. The molecule has 2 heterocycles. The van der Waals surface area contributed by atoms with Crippen LogP contribution in [0.25, 0.3) is 0 Å². The zero-order chi connectivity index (χ0) is 16.8. The van der Waals surface area contributed by atoms with Gasteiger partial charge in [0.2, 0.25) is 10.0 Å². The highest BCUT2D eigenvalue weighted by molar-refractivity contribution is 7.89. The molecule has 1 saturated heterocycles. The Morgan fingerprint density at radius 2 is 1.95 bits per heavy atom. The molecule has 9 heteroatoms. The summed E-state index contributed by atoms with van der Waals surface area (Å²) in [5, 5.41) is 10.1. The molecule has 0 aromatic carbocycles. The average molecular weight is 338 g/mol. The van der Waals surface area contributed by atoms with Crippen LogP contribution in [0.3, 0.4) is 0 Å². The Morgan fingerprint density at radius 3 is 2.41 bits per heavy atom. The Bertz CT molecular complexity index is 636. The number of rotatable bonds is 3. The summed E-state index contributed by atoms with van der Waals surface area (Å²) in [6.07, 6.45) is -2.83. The highest BCUT2D eigenvalue weighted by Gasteiger charge is 2.43. The second kappa shape index (κ2) is 5.47. The number of alkyl halides is 3. The third-order valence-electron chi connectivity index (χ3n) is 3.65. The highest BCUT2D eigenvalue weighted by atomic mass is 32.2. The first kappa shape index (κ1) is 17.2. The zero-order valence-electron chi connectivity index (χ0n) is 12.1. The van der Waals surface area contributed by atoms with Crippen molar-refractivity contribution in [2.24, 2.45) is 0 Å². The molecule has 1 N–H and O–H groups in total. The van der Waals surface area contributed by atoms with Gasteiger partial charge >= 0.3 is 6.18 Å². The number of nitrogens with zero attached hydrogens (tertiary/aromatic N) is 2. The average Bonchev–Trinajstić information content (AvgIpc) is 2.87. The smallest absolute Gasteiger partial charge is 0.389 e. The normalized spacial score (nSPS) is 21.3. The van der Waals surface area contributed by atoms with E-state index in [0.29, 0.717) is 25.1 Å². The van der Waals surface area contributed by atoms with Crippen molar-refractivity contribution in [2.45, 2.75) is 49.4 Å². The second-order valence-electron chi connectivity index (χ2n) is 5.80. The van der Waals surface area contributed by atoms with Gasteiger partial charge in [0.25, 0.3) is 0 Å². The predicted octanol–water partition coefficient (Wildman–Crippen LogP) is 2.02. The molecular formula is C13H17F3N2O3S. The standard InChI is InChI=1S/C13H17F3N2O3S/c1-12(2,19)11-4-3-7-18(11)22(20,21)9-5-6-10(17-8-9)13(14,15)16/h5-6,8,11,19H,3-4,7H2,1-2H3. The Labute approximate surface area is 126 Å². The molecule has 1 aliphatic heterocycles. The molecule has 0 spiro atoms. The molecule has 124 valence electrons. The van der Waals surface area contributed by atoms with Crippen LogP contribution in [0, 0.1) is 0 Å². The van der Waals surface area contributed by atoms with Crippen molar-refractivity contribution in [3.8, 4) is 0 Å². The molecule has 5 nitrogen and oxygen atoms in total. The van der Waals surface area contributed by atoms with E-state index in [-0.39, 0.29) is 11.4 Å². The van der Waals surface area contributed by atoms with Crippen LogP contribution < -0.4 is 0 Å². The van der Waals surface area contributed by atoms with E-state index in [1.54, 1.807) is 0 Å². The van der Waals surface area contributed by atoms with Gasteiger partial charge in [-0.2, -0.15) is 17.5 Å². The Kier molecular flexibility index (Phi) is 4.27. The SMILES string of the molecule is CC(C)(O)C1CCCN1S(=O)(=O)c1ccc(C(F)(F)F)nc1. The molecule has 0 radical (unpaired) electrons. The lowest BCUT2D eigenvalue weighted by atomic mass is 9.98. The minimum absolute atomic E-state index is 0.220. The van der Waals surface area contributed by atoms with Gasteiger partial charge < -0.3 is 5.11 Å². The largest absolute Gasteiger partial charge is 0.433 e. The minimum Gasteiger partial charge on any atom is -0.389 e. The molecule has 1 atom stereocenters. The second-order valence-corrected chi connectivity index (χ2v) is 7.69. The van der Waals surface area contributed by atoms with Crippen molar-refractivity contribution < 1.29 is 26.7 Å². The van der Waals surface area contributed by atoms with Crippen LogP contribution in [-0.2, 0) is 16.2 Å². The first-order chi connectivity index (χ1) is 9.94. The summed E-state index contributed by atoms with van der Waals surface area (Å²) in [6.45, 7) is 3.24. The van der Waals surface area contributed by atoms with Gasteiger partial charge in [0.15, 0.2) is 0 Å². The maximum atomic E-state index is 12.5. The van der Waals surface area contributed by atoms with Gasteiger partial charge in [-0.25, -0.2) is 8.42 Å². The van der Waals surface area contributed by atoms with E-state index >= 15 is 0 Å². The van der Waals surface area contributed by atoms with E-state index in [2.05, 4.69) is 4.98 Å². The first-order valence-corrected chi connectivity index (χ1v) is 8.15. The number of aromatic nitrogens is 1. The fourth-order valence-corrected chi connectivity index (χ4v) is 4.33. The molecule has 0 amide bonds. The molecule has 1 aromatic rings. The summed E-state index contributed by atoms with van der Waals surface area (Å²) in [7, 11) is -3.99. The van der Waals surface area contributed by atoms with Gasteiger partial charge in [-0.05, 0) is 38.8 Å². The maximum absolute atomic E-state index is 12.5. The first-order valence-electron chi connectivity index (χ1n) is 6.71. The molecule has 1 aromatic heterocycles. The zero-order valence-corrected chi connectivity index (χ0v) is 12.9. The van der Waals surface area contributed by atoms with Crippen molar-refractivity contribution in [3.63, 3.8) is 0 Å². The van der Waals surface area contributed by atoms with Crippen LogP contribution in [0.2, 0.25) is 0 Å². The third-order valence-corrected chi connectivity index (χ3v) is 5.54. The van der Waals surface area contributed by atoms with Crippen molar-refractivity contribution in [2.75, 3.05) is 6.54 Å². The van der Waals surface area contributed by atoms with E-state index in [9.17, 15) is 26.7 Å². The van der Waals surface area contributed by atoms with Crippen LogP contribution >= 0.6 is 0 Å². The number of hydrogen-bond donors (Lipinski definition) is 1. The Morgan fingerprint density at radius 1 is 1.32 bits per heavy atom. The molecule has 22 heavy (non-hydrogen) atoms. The molecule has 0 aliphatic carbocycles. The van der Waals surface area contributed by atoms with Gasteiger partial charge in [0, 0.05) is 12.7 Å². The quantitative estimate of drug-likeness (QED) is 0.915. The number of aliphatic hydroxyl groups is 1. The molecular weight excluding hydrogens is 321 g/mol. The predicted molar refractivity (Wildman–Crippen MR) is 72.5 cm³/mol. The number of sulfonamides is 1. The number of hydrogen-bond acceptors (Lipinski definition) is 4. The molecule has 0 bridgehead atoms. The van der Waals surface area contributed by atoms with Crippen molar-refractivity contribution in [1.29, 1.82) is 0 Å². The summed E-state index contributed by atoms with van der Waals surface area (Å²) < 4.78 is 63.7. The van der Waals surface area contributed by atoms with Gasteiger partial charge in [-0.15, -0.1) is 0 Å². The van der Waals surface area contributed by atoms with Crippen LogP contribution in [0.4, 0.5) is 13.2 Å². The van der Waals surface area contributed by atoms with E-state index in [0.717, 1.165) is 10.4 Å². The van der Waals surface area contributed by atoms with E-state index in [4.69, 9.17) is 0 Å². The summed E-state index contributed by atoms with van der Waals surface area (Å²) in [4.78, 5) is 2.87. The summed E-state index contributed by atoms with van der Waals surface area (Å²) in [6, 6.07) is 0.923. The van der Waals surface area contributed by atoms with E-state index in [1.165, 1.54) is 13.8 Å². The lowest BCUT2D eigenvalue weighted by Crippen LogP contribution is -2.48. The lowest BCUT2D eigenvalue weighted by molar-refractivity contribution is -0.141. The fourth-order valence-electron chi connectivity index (χ4n) is 2.57. The van der Waals surface area contributed by atoms with Crippen LogP contribution in [0.5, 0.6) is 0 Å². The van der Waals surface area contributed by atoms with Crippen LogP contribution in [-0.4, -0.2) is 41.0 Å². The molecule has 0 saturated carbocycles. The van der Waals surface area contributed by atoms with Crippen LogP contribution in [0.1, 0.15) is 32.4 Å². The highest BCUT2D eigenvalue weighted by Crippen LogP contribution is 2.33. The summed E-state index contributed by atoms with van der Waals surface area (Å²) >= 11 is 0. The van der Waals surface area contributed by atoms with Crippen LogP contribution in [0.15, 0.2) is 23.2 Å². The topological polar surface area (TPSA) is 70.5 Å². The van der Waals surface area contributed by atoms with Gasteiger partial charge in [-0.3, -0.25) is 4.98 Å². The van der Waals surface area contributed by atoms with E-state index < -0.39 is 33.5 Å². The Hall–Kier alpha value is -1.19. The fraction of sp³-hybridized carbons (Fsp3) is 0.615. The third kappa shape index (κ3) is 3.26. The molecule has 2 rings (SSSR count). The van der Waals surface area contributed by atoms with Gasteiger partial charge in [0.05, 0.1) is 11.6 Å². The minimum atomic E-state index is -4.62. The van der Waals surface area contributed by atoms with Gasteiger partial charge in [0.1, 0.15) is 10.6 Å².